The van der Waals surface area contributed by atoms with Crippen LogP contribution in [0.1, 0.15) is 29.3 Å². The van der Waals surface area contributed by atoms with E-state index < -0.39 is 23.6 Å². The number of carbonyl (C=O) groups is 2. The number of carbonyl (C=O) groups excluding carboxylic acids is 2. The first-order chi connectivity index (χ1) is 11.5. The monoisotopic (exact) mass is 330 g/mol. The Morgan fingerprint density at radius 1 is 1.25 bits per heavy atom. The van der Waals surface area contributed by atoms with Crippen LogP contribution < -0.4 is 5.32 Å². The molecule has 6 heteroatoms. The van der Waals surface area contributed by atoms with E-state index >= 15 is 0 Å². The van der Waals surface area contributed by atoms with Crippen molar-refractivity contribution in [1.82, 2.24) is 4.90 Å². The molecule has 0 bridgehead atoms. The molecular formula is C18H16F2N2O2. The molecule has 0 radical (unpaired) electrons. The van der Waals surface area contributed by atoms with Crippen molar-refractivity contribution in [3.63, 3.8) is 0 Å². The molecule has 0 fully saturated rings. The number of hydrogen-bond acceptors (Lipinski definition) is 2. The number of anilines is 1. The second kappa shape index (κ2) is 6.39. The van der Waals surface area contributed by atoms with E-state index in [2.05, 4.69) is 5.32 Å². The van der Waals surface area contributed by atoms with Crippen molar-refractivity contribution < 1.29 is 18.4 Å². The summed E-state index contributed by atoms with van der Waals surface area (Å²) < 4.78 is 26.9. The minimum absolute atomic E-state index is 0.229. The second-order valence-corrected chi connectivity index (χ2v) is 5.63. The molecule has 0 saturated heterocycles. The van der Waals surface area contributed by atoms with Gasteiger partial charge in [0.15, 0.2) is 0 Å². The highest BCUT2D eigenvalue weighted by Gasteiger charge is 2.35. The van der Waals surface area contributed by atoms with Crippen LogP contribution >= 0.6 is 0 Å². The minimum atomic E-state index is -0.757. The summed E-state index contributed by atoms with van der Waals surface area (Å²) in [4.78, 5) is 26.4. The fourth-order valence-corrected chi connectivity index (χ4v) is 2.89. The van der Waals surface area contributed by atoms with Crippen LogP contribution in [0.15, 0.2) is 42.5 Å². The lowest BCUT2D eigenvalue weighted by Crippen LogP contribution is -2.44. The van der Waals surface area contributed by atoms with Crippen molar-refractivity contribution >= 4 is 17.5 Å². The molecule has 24 heavy (non-hydrogen) atoms. The average Bonchev–Trinajstić information content (AvgIpc) is 2.89. The summed E-state index contributed by atoms with van der Waals surface area (Å²) in [6.45, 7) is 2.09. The zero-order valence-corrected chi connectivity index (χ0v) is 13.1. The minimum Gasteiger partial charge on any atom is -0.322 e. The lowest BCUT2D eigenvalue weighted by molar-refractivity contribution is -0.120. The number of amides is 2. The van der Waals surface area contributed by atoms with Gasteiger partial charge in [0.25, 0.3) is 5.91 Å². The third kappa shape index (κ3) is 2.87. The van der Waals surface area contributed by atoms with Gasteiger partial charge in [-0.1, -0.05) is 25.1 Å². The Labute approximate surface area is 138 Å². The van der Waals surface area contributed by atoms with E-state index in [1.54, 1.807) is 19.1 Å². The molecule has 4 nitrogen and oxygen atoms in total. The van der Waals surface area contributed by atoms with Gasteiger partial charge < -0.3 is 10.2 Å². The summed E-state index contributed by atoms with van der Waals surface area (Å²) >= 11 is 0. The van der Waals surface area contributed by atoms with Crippen LogP contribution in [0.5, 0.6) is 0 Å². The summed E-state index contributed by atoms with van der Waals surface area (Å²) in [6.07, 6.45) is 0.364. The van der Waals surface area contributed by atoms with E-state index in [1.165, 1.54) is 4.90 Å². The van der Waals surface area contributed by atoms with Gasteiger partial charge in [0.05, 0.1) is 5.69 Å². The number of hydrogen-bond donors (Lipinski definition) is 1. The largest absolute Gasteiger partial charge is 0.322 e. The van der Waals surface area contributed by atoms with E-state index in [-0.39, 0.29) is 11.6 Å². The molecule has 0 unspecified atom stereocenters. The van der Waals surface area contributed by atoms with E-state index in [0.29, 0.717) is 18.5 Å². The molecule has 1 N–H and O–H groups in total. The maximum absolute atomic E-state index is 13.7. The van der Waals surface area contributed by atoms with Crippen LogP contribution in [0.4, 0.5) is 14.5 Å². The fraction of sp³-hybridized carbons (Fsp3) is 0.222. The highest BCUT2D eigenvalue weighted by Crippen LogP contribution is 2.26. The van der Waals surface area contributed by atoms with Crippen molar-refractivity contribution in [2.24, 2.45) is 0 Å². The first kappa shape index (κ1) is 16.1. The first-order valence-electron chi connectivity index (χ1n) is 7.66. The lowest BCUT2D eigenvalue weighted by Gasteiger charge is -2.26. The Kier molecular flexibility index (Phi) is 4.29. The number of fused-ring (bicyclic) bond motifs is 1. The van der Waals surface area contributed by atoms with E-state index in [4.69, 9.17) is 0 Å². The number of benzene rings is 2. The first-order valence-corrected chi connectivity index (χ1v) is 7.66. The molecule has 0 spiro atoms. The summed E-state index contributed by atoms with van der Waals surface area (Å²) in [5, 5.41) is 2.38. The standard InChI is InChI=1S/C18H16F2N2O2/c1-2-16(17(23)21-15-9-12(19)7-8-14(15)20)22-10-11-5-3-4-6-13(11)18(22)24/h3-9,16H,2,10H2,1H3,(H,21,23)/t16-/m1/s1. The quantitative estimate of drug-likeness (QED) is 0.935. The molecule has 2 aromatic carbocycles. The van der Waals surface area contributed by atoms with Gasteiger partial charge in [0, 0.05) is 18.2 Å². The Bertz CT molecular complexity index is 807. The fourth-order valence-electron chi connectivity index (χ4n) is 2.89. The summed E-state index contributed by atoms with van der Waals surface area (Å²) in [7, 11) is 0. The third-order valence-electron chi connectivity index (χ3n) is 4.10. The average molecular weight is 330 g/mol. The van der Waals surface area contributed by atoms with Gasteiger partial charge in [-0.25, -0.2) is 8.78 Å². The highest BCUT2D eigenvalue weighted by atomic mass is 19.1. The molecule has 1 atom stereocenters. The van der Waals surface area contributed by atoms with Crippen molar-refractivity contribution in [3.05, 3.63) is 65.2 Å². The van der Waals surface area contributed by atoms with E-state index in [0.717, 1.165) is 23.8 Å². The van der Waals surface area contributed by atoms with E-state index in [1.807, 2.05) is 12.1 Å². The predicted molar refractivity (Wildman–Crippen MR) is 85.4 cm³/mol. The van der Waals surface area contributed by atoms with Crippen molar-refractivity contribution in [2.45, 2.75) is 25.9 Å². The highest BCUT2D eigenvalue weighted by molar-refractivity contribution is 6.03. The molecule has 1 heterocycles. The number of halogens is 2. The molecule has 0 aromatic heterocycles. The smallest absolute Gasteiger partial charge is 0.255 e. The number of nitrogens with zero attached hydrogens (tertiary/aromatic N) is 1. The van der Waals surface area contributed by atoms with Gasteiger partial charge in [0.2, 0.25) is 5.91 Å². The Hall–Kier alpha value is -2.76. The lowest BCUT2D eigenvalue weighted by atomic mass is 10.1. The van der Waals surface area contributed by atoms with Crippen molar-refractivity contribution in [1.29, 1.82) is 0 Å². The molecule has 0 saturated carbocycles. The van der Waals surface area contributed by atoms with Crippen molar-refractivity contribution in [2.75, 3.05) is 5.32 Å². The maximum Gasteiger partial charge on any atom is 0.255 e. The third-order valence-corrected chi connectivity index (χ3v) is 4.10. The Morgan fingerprint density at radius 2 is 2.00 bits per heavy atom. The maximum atomic E-state index is 13.7. The van der Waals surface area contributed by atoms with Gasteiger partial charge >= 0.3 is 0 Å². The Balaban J connectivity index is 1.81. The molecular weight excluding hydrogens is 314 g/mol. The molecule has 1 aliphatic heterocycles. The van der Waals surface area contributed by atoms with Crippen LogP contribution in [-0.4, -0.2) is 22.8 Å². The Morgan fingerprint density at radius 3 is 2.71 bits per heavy atom. The normalized spacial score (nSPS) is 14.5. The van der Waals surface area contributed by atoms with Gasteiger partial charge in [0.1, 0.15) is 17.7 Å². The summed E-state index contributed by atoms with van der Waals surface area (Å²) in [6, 6.07) is 9.24. The van der Waals surface area contributed by atoms with Crippen LogP contribution in [0.3, 0.4) is 0 Å². The van der Waals surface area contributed by atoms with Crippen LogP contribution in [-0.2, 0) is 11.3 Å². The van der Waals surface area contributed by atoms with Gasteiger partial charge in [-0.05, 0) is 30.2 Å². The molecule has 3 rings (SSSR count). The molecule has 1 aliphatic rings. The van der Waals surface area contributed by atoms with Crippen LogP contribution in [0, 0.1) is 11.6 Å². The topological polar surface area (TPSA) is 49.4 Å². The molecule has 0 aliphatic carbocycles. The number of nitrogens with one attached hydrogen (secondary N) is 1. The zero-order chi connectivity index (χ0) is 17.3. The van der Waals surface area contributed by atoms with Crippen LogP contribution in [0.2, 0.25) is 0 Å². The predicted octanol–water partition coefficient (Wildman–Crippen LogP) is 3.34. The van der Waals surface area contributed by atoms with Crippen LogP contribution in [0.25, 0.3) is 0 Å². The van der Waals surface area contributed by atoms with Gasteiger partial charge in [-0.3, -0.25) is 9.59 Å². The number of rotatable bonds is 4. The molecule has 124 valence electrons. The SMILES string of the molecule is CC[C@H](C(=O)Nc1cc(F)ccc1F)N1Cc2ccccc2C1=O. The zero-order valence-electron chi connectivity index (χ0n) is 13.1. The summed E-state index contributed by atoms with van der Waals surface area (Å²) in [5.74, 6) is -2.14. The molecule has 2 aromatic rings. The van der Waals surface area contributed by atoms with E-state index in [9.17, 15) is 18.4 Å². The summed E-state index contributed by atoms with van der Waals surface area (Å²) in [5.41, 5.74) is 1.19. The van der Waals surface area contributed by atoms with Crippen molar-refractivity contribution in [3.8, 4) is 0 Å². The molecule has 2 amide bonds. The second-order valence-electron chi connectivity index (χ2n) is 5.63. The van der Waals surface area contributed by atoms with Gasteiger partial charge in [-0.15, -0.1) is 0 Å². The van der Waals surface area contributed by atoms with Gasteiger partial charge in [-0.2, -0.15) is 0 Å².